The molecule has 0 saturated heterocycles. The third-order valence-electron chi connectivity index (χ3n) is 5.20. The summed E-state index contributed by atoms with van der Waals surface area (Å²) in [6.45, 7) is 9.63. The normalized spacial score (nSPS) is 14.7. The van der Waals surface area contributed by atoms with E-state index in [2.05, 4.69) is 82.3 Å². The van der Waals surface area contributed by atoms with Gasteiger partial charge in [-0.3, -0.25) is 0 Å². The largest absolute Gasteiger partial charge is 0.337 e. The molecule has 2 aromatic heterocycles. The number of benzene rings is 1. The Labute approximate surface area is 171 Å². The zero-order chi connectivity index (χ0) is 19.5. The van der Waals surface area contributed by atoms with Crippen LogP contribution in [0.25, 0.3) is 6.08 Å². The lowest BCUT2D eigenvalue weighted by Crippen LogP contribution is -2.40. The lowest BCUT2D eigenvalue weighted by atomic mass is 10.1. The fourth-order valence-corrected chi connectivity index (χ4v) is 5.04. The second-order valence-electron chi connectivity index (χ2n) is 7.17. The van der Waals surface area contributed by atoms with Crippen molar-refractivity contribution in [2.45, 2.75) is 45.2 Å². The molecule has 28 heavy (non-hydrogen) atoms. The number of imidazole rings is 1. The number of hydrogen-bond donors (Lipinski definition) is 0. The van der Waals surface area contributed by atoms with Crippen LogP contribution in [0, 0.1) is 13.8 Å². The molecule has 0 amide bonds. The van der Waals surface area contributed by atoms with Crippen molar-refractivity contribution in [2.75, 3.05) is 11.4 Å². The summed E-state index contributed by atoms with van der Waals surface area (Å²) in [5, 5.41) is 1.31. The molecule has 1 aromatic carbocycles. The van der Waals surface area contributed by atoms with Crippen LogP contribution in [0.2, 0.25) is 0 Å². The molecule has 5 heteroatoms. The Morgan fingerprint density at radius 2 is 1.93 bits per heavy atom. The van der Waals surface area contributed by atoms with Crippen molar-refractivity contribution >= 4 is 23.5 Å². The molecule has 0 saturated carbocycles. The Morgan fingerprint density at radius 3 is 2.64 bits per heavy atom. The smallest absolute Gasteiger partial charge is 0.179 e. The van der Waals surface area contributed by atoms with Crippen LogP contribution in [0.4, 0.5) is 5.69 Å². The molecular formula is C23H27N4S+. The summed E-state index contributed by atoms with van der Waals surface area (Å²) < 4.78 is 4.55. The highest BCUT2D eigenvalue weighted by Gasteiger charge is 2.23. The first kappa shape index (κ1) is 18.8. The molecule has 0 spiro atoms. The van der Waals surface area contributed by atoms with Gasteiger partial charge in [0.2, 0.25) is 0 Å². The van der Waals surface area contributed by atoms with Crippen molar-refractivity contribution in [1.82, 2.24) is 9.55 Å². The van der Waals surface area contributed by atoms with Gasteiger partial charge >= 0.3 is 0 Å². The molecule has 0 aliphatic carbocycles. The number of rotatable bonds is 6. The van der Waals surface area contributed by atoms with E-state index in [0.29, 0.717) is 0 Å². The lowest BCUT2D eigenvalue weighted by Gasteiger charge is -2.18. The van der Waals surface area contributed by atoms with Gasteiger partial charge in [0.25, 0.3) is 0 Å². The molecule has 0 N–H and O–H groups in total. The summed E-state index contributed by atoms with van der Waals surface area (Å²) in [6, 6.07) is 13.3. The Balaban J connectivity index is 1.52. The van der Waals surface area contributed by atoms with Gasteiger partial charge in [0.1, 0.15) is 0 Å². The van der Waals surface area contributed by atoms with Crippen molar-refractivity contribution in [3.8, 4) is 0 Å². The van der Waals surface area contributed by atoms with E-state index in [9.17, 15) is 0 Å². The van der Waals surface area contributed by atoms with Crippen LogP contribution in [0.5, 0.6) is 0 Å². The quantitative estimate of drug-likeness (QED) is 0.564. The molecule has 0 bridgehead atoms. The van der Waals surface area contributed by atoms with Gasteiger partial charge in [0, 0.05) is 62.8 Å². The van der Waals surface area contributed by atoms with Crippen molar-refractivity contribution in [3.63, 3.8) is 0 Å². The van der Waals surface area contributed by atoms with Gasteiger partial charge in [-0.2, -0.15) is 0 Å². The molecule has 3 heterocycles. The minimum atomic E-state index is 0.981. The zero-order valence-corrected chi connectivity index (χ0v) is 17.6. The number of para-hydroxylation sites is 1. The summed E-state index contributed by atoms with van der Waals surface area (Å²) >= 11 is 1.86. The lowest BCUT2D eigenvalue weighted by molar-refractivity contribution is -0.709. The second kappa shape index (κ2) is 8.23. The summed E-state index contributed by atoms with van der Waals surface area (Å²) in [5.41, 5.74) is 5.21. The highest BCUT2D eigenvalue weighted by molar-refractivity contribution is 8.03. The van der Waals surface area contributed by atoms with Crippen LogP contribution in [0.15, 0.2) is 65.0 Å². The first-order valence-corrected chi connectivity index (χ1v) is 10.7. The SMILES string of the molecule is CCN1C(=Cc2cc(C)[n+](CCCn3ccnc3)c(C)c2)Sc2ccccc21. The van der Waals surface area contributed by atoms with Crippen LogP contribution in [0.3, 0.4) is 0 Å². The van der Waals surface area contributed by atoms with Gasteiger partial charge in [-0.25, -0.2) is 9.55 Å². The van der Waals surface area contributed by atoms with Gasteiger partial charge in [-0.1, -0.05) is 23.9 Å². The molecule has 0 atom stereocenters. The van der Waals surface area contributed by atoms with Crippen molar-refractivity contribution in [1.29, 1.82) is 0 Å². The maximum absolute atomic E-state index is 4.12. The highest BCUT2D eigenvalue weighted by Crippen LogP contribution is 2.46. The average molecular weight is 392 g/mol. The van der Waals surface area contributed by atoms with Crippen molar-refractivity contribution < 1.29 is 4.57 Å². The number of fused-ring (bicyclic) bond motifs is 1. The summed E-state index contributed by atoms with van der Waals surface area (Å²) in [7, 11) is 0. The Kier molecular flexibility index (Phi) is 5.53. The third kappa shape index (κ3) is 3.85. The molecule has 0 unspecified atom stereocenters. The van der Waals surface area contributed by atoms with Crippen molar-refractivity contribution in [2.24, 2.45) is 0 Å². The summed E-state index contributed by atoms with van der Waals surface area (Å²) in [6.07, 6.45) is 9.17. The zero-order valence-electron chi connectivity index (χ0n) is 16.8. The fraction of sp³-hybridized carbons (Fsp3) is 0.304. The number of nitrogens with zero attached hydrogens (tertiary/aromatic N) is 4. The van der Waals surface area contributed by atoms with E-state index in [-0.39, 0.29) is 0 Å². The molecule has 3 aromatic rings. The predicted molar refractivity (Wildman–Crippen MR) is 116 cm³/mol. The van der Waals surface area contributed by atoms with Crippen molar-refractivity contribution in [3.05, 3.63) is 77.1 Å². The van der Waals surface area contributed by atoms with E-state index in [0.717, 1.165) is 26.1 Å². The first-order chi connectivity index (χ1) is 13.7. The molecule has 0 radical (unpaired) electrons. The van der Waals surface area contributed by atoms with Crippen LogP contribution in [0.1, 0.15) is 30.3 Å². The average Bonchev–Trinajstić information content (AvgIpc) is 3.31. The van der Waals surface area contributed by atoms with Gasteiger partial charge in [0.15, 0.2) is 17.9 Å². The fourth-order valence-electron chi connectivity index (χ4n) is 3.85. The van der Waals surface area contributed by atoms with E-state index < -0.39 is 0 Å². The Bertz CT molecular complexity index is 969. The number of aromatic nitrogens is 3. The van der Waals surface area contributed by atoms with Gasteiger partial charge in [-0.05, 0) is 30.7 Å². The van der Waals surface area contributed by atoms with E-state index >= 15 is 0 Å². The van der Waals surface area contributed by atoms with Crippen LogP contribution < -0.4 is 9.47 Å². The van der Waals surface area contributed by atoms with Gasteiger partial charge in [-0.15, -0.1) is 0 Å². The minimum absolute atomic E-state index is 0.981. The Hall–Kier alpha value is -2.53. The minimum Gasteiger partial charge on any atom is -0.337 e. The van der Waals surface area contributed by atoms with E-state index in [4.69, 9.17) is 0 Å². The summed E-state index contributed by atoms with van der Waals surface area (Å²) in [4.78, 5) is 7.86. The topological polar surface area (TPSA) is 24.9 Å². The molecular weight excluding hydrogens is 364 g/mol. The molecule has 1 aliphatic rings. The molecule has 4 rings (SSSR count). The molecule has 0 fully saturated rings. The molecule has 4 nitrogen and oxygen atoms in total. The molecule has 1 aliphatic heterocycles. The third-order valence-corrected chi connectivity index (χ3v) is 6.32. The summed E-state index contributed by atoms with van der Waals surface area (Å²) in [5.74, 6) is 0. The van der Waals surface area contributed by atoms with E-state index in [1.807, 2.05) is 30.5 Å². The van der Waals surface area contributed by atoms with E-state index in [1.54, 1.807) is 0 Å². The van der Waals surface area contributed by atoms with Crippen LogP contribution in [-0.4, -0.2) is 16.1 Å². The predicted octanol–water partition coefficient (Wildman–Crippen LogP) is 4.81. The highest BCUT2D eigenvalue weighted by atomic mass is 32.2. The first-order valence-electron chi connectivity index (χ1n) is 9.88. The van der Waals surface area contributed by atoms with E-state index in [1.165, 1.54) is 32.6 Å². The maximum atomic E-state index is 4.12. The van der Waals surface area contributed by atoms with Gasteiger partial charge in [0.05, 0.1) is 17.0 Å². The van der Waals surface area contributed by atoms with Crippen LogP contribution in [-0.2, 0) is 13.1 Å². The maximum Gasteiger partial charge on any atom is 0.179 e. The standard InChI is InChI=1S/C23H27N4S/c1-4-26-21-8-5-6-9-22(21)28-23(26)16-20-14-18(2)27(19(3)15-20)12-7-11-25-13-10-24-17-25/h5-6,8-10,13-17H,4,7,11-12H2,1-3H3/q+1. The number of pyridine rings is 1. The number of aryl methyl sites for hydroxylation is 3. The van der Waals surface area contributed by atoms with Gasteiger partial charge < -0.3 is 9.47 Å². The number of anilines is 1. The van der Waals surface area contributed by atoms with Crippen LogP contribution >= 0.6 is 11.8 Å². The number of thioether (sulfide) groups is 1. The monoisotopic (exact) mass is 391 g/mol. The number of hydrogen-bond acceptors (Lipinski definition) is 3. The molecule has 144 valence electrons. The Morgan fingerprint density at radius 1 is 1.14 bits per heavy atom. The second-order valence-corrected chi connectivity index (χ2v) is 8.24.